The molecule has 0 bridgehead atoms. The molecule has 36 heavy (non-hydrogen) atoms. The third kappa shape index (κ3) is 7.63. The number of aromatic amines is 1. The summed E-state index contributed by atoms with van der Waals surface area (Å²) in [4.78, 5) is 35.1. The number of hydrogen-bond acceptors (Lipinski definition) is 4. The number of H-pyrrole nitrogens is 1. The molecule has 0 spiro atoms. The summed E-state index contributed by atoms with van der Waals surface area (Å²) in [6.45, 7) is 13.5. The predicted octanol–water partition coefficient (Wildman–Crippen LogP) is 4.67. The number of carbonyl (C=O) groups excluding carboxylic acids is 2. The first-order valence-electron chi connectivity index (χ1n) is 12.4. The number of amides is 2. The minimum Gasteiger partial charge on any atom is -0.373 e. The number of imidazole rings is 1. The van der Waals surface area contributed by atoms with Gasteiger partial charge in [-0.2, -0.15) is 0 Å². The van der Waals surface area contributed by atoms with Gasteiger partial charge >= 0.3 is 0 Å². The second kappa shape index (κ2) is 11.7. The van der Waals surface area contributed by atoms with Crippen molar-refractivity contribution in [1.29, 1.82) is 0 Å². The van der Waals surface area contributed by atoms with Gasteiger partial charge in [0.05, 0.1) is 18.4 Å². The largest absolute Gasteiger partial charge is 0.373 e. The molecule has 3 N–H and O–H groups in total. The highest BCUT2D eigenvalue weighted by Gasteiger charge is 2.27. The number of nitrogens with zero attached hydrogens (tertiary/aromatic N) is 2. The summed E-state index contributed by atoms with van der Waals surface area (Å²) in [5.41, 5.74) is 1.38. The molecule has 0 aliphatic carbocycles. The molecule has 1 aromatic carbocycles. The maximum Gasteiger partial charge on any atom is 0.243 e. The Morgan fingerprint density at radius 1 is 1.31 bits per heavy atom. The van der Waals surface area contributed by atoms with Gasteiger partial charge in [-0.05, 0) is 43.7 Å². The minimum absolute atomic E-state index is 0.00463. The lowest BCUT2D eigenvalue weighted by Gasteiger charge is -2.29. The van der Waals surface area contributed by atoms with Gasteiger partial charge in [-0.1, -0.05) is 27.4 Å². The SMILES string of the molecule is C=C(C[C@H](NC(=O)CCC(C)(C)C)C(=O)NCc1ncc(-c2ccc(F)cc2F)[nH]1)N1CCC[C@@H]1C. The Bertz CT molecular complexity index is 1090. The Kier molecular flexibility index (Phi) is 8.87. The molecule has 3 rings (SSSR count). The molecule has 1 aliphatic rings. The zero-order chi connectivity index (χ0) is 26.5. The van der Waals surface area contributed by atoms with E-state index >= 15 is 0 Å². The van der Waals surface area contributed by atoms with Crippen molar-refractivity contribution in [3.8, 4) is 11.3 Å². The summed E-state index contributed by atoms with van der Waals surface area (Å²) >= 11 is 0. The quantitative estimate of drug-likeness (QED) is 0.441. The van der Waals surface area contributed by atoms with Gasteiger partial charge in [-0.15, -0.1) is 0 Å². The Morgan fingerprint density at radius 3 is 2.69 bits per heavy atom. The fraction of sp³-hybridized carbons (Fsp3) is 0.519. The molecule has 2 atom stereocenters. The smallest absolute Gasteiger partial charge is 0.243 e. The van der Waals surface area contributed by atoms with E-state index in [2.05, 4.69) is 59.8 Å². The van der Waals surface area contributed by atoms with Crippen molar-refractivity contribution < 1.29 is 18.4 Å². The highest BCUT2D eigenvalue weighted by molar-refractivity contribution is 5.87. The lowest BCUT2D eigenvalue weighted by Crippen LogP contribution is -2.48. The molecule has 1 aromatic heterocycles. The van der Waals surface area contributed by atoms with E-state index in [1.165, 1.54) is 18.3 Å². The van der Waals surface area contributed by atoms with Gasteiger partial charge in [0.1, 0.15) is 23.5 Å². The van der Waals surface area contributed by atoms with Crippen LogP contribution in [-0.2, 0) is 16.1 Å². The Balaban J connectivity index is 1.65. The molecule has 2 heterocycles. The maximum atomic E-state index is 14.1. The molecule has 1 saturated heterocycles. The second-order valence-electron chi connectivity index (χ2n) is 10.7. The predicted molar refractivity (Wildman–Crippen MR) is 136 cm³/mol. The summed E-state index contributed by atoms with van der Waals surface area (Å²) in [6.07, 6.45) is 4.91. The van der Waals surface area contributed by atoms with Gasteiger partial charge in [-0.3, -0.25) is 9.59 Å². The van der Waals surface area contributed by atoms with E-state index in [0.717, 1.165) is 31.1 Å². The Hall–Kier alpha value is -3.23. The van der Waals surface area contributed by atoms with Gasteiger partial charge < -0.3 is 20.5 Å². The molecule has 9 heteroatoms. The third-order valence-electron chi connectivity index (χ3n) is 6.43. The number of aromatic nitrogens is 2. The van der Waals surface area contributed by atoms with Crippen LogP contribution >= 0.6 is 0 Å². The van der Waals surface area contributed by atoms with E-state index in [0.29, 0.717) is 36.8 Å². The monoisotopic (exact) mass is 501 g/mol. The van der Waals surface area contributed by atoms with E-state index in [4.69, 9.17) is 0 Å². The maximum absolute atomic E-state index is 14.1. The number of halogens is 2. The molecule has 1 fully saturated rings. The normalized spacial score (nSPS) is 16.6. The van der Waals surface area contributed by atoms with Crippen molar-refractivity contribution in [2.45, 2.75) is 78.4 Å². The topological polar surface area (TPSA) is 90.1 Å². The van der Waals surface area contributed by atoms with E-state index in [9.17, 15) is 18.4 Å². The molecule has 0 radical (unpaired) electrons. The number of likely N-dealkylation sites (tertiary alicyclic amines) is 1. The minimum atomic E-state index is -0.776. The summed E-state index contributed by atoms with van der Waals surface area (Å²) in [5.74, 6) is -1.49. The second-order valence-corrected chi connectivity index (χ2v) is 10.7. The molecule has 1 aliphatic heterocycles. The number of rotatable bonds is 10. The zero-order valence-electron chi connectivity index (χ0n) is 21.6. The standard InChI is InChI=1S/C27H37F2N5O2/c1-17-7-6-12-34(17)18(2)13-22(33-25(35)10-11-27(3,4)5)26(36)31-16-24-30-15-23(32-24)20-9-8-19(28)14-21(20)29/h8-9,14-15,17,22H,2,6-7,10-13,16H2,1,3-5H3,(H,30,32)(H,31,36)(H,33,35)/t17-,22-/m0/s1. The Labute approximate surface area is 211 Å². The van der Waals surface area contributed by atoms with Crippen molar-refractivity contribution >= 4 is 11.8 Å². The van der Waals surface area contributed by atoms with Gasteiger partial charge in [-0.25, -0.2) is 13.8 Å². The number of hydrogen-bond donors (Lipinski definition) is 3. The van der Waals surface area contributed by atoms with Gasteiger partial charge in [0.15, 0.2) is 0 Å². The molecule has 0 saturated carbocycles. The lowest BCUT2D eigenvalue weighted by atomic mass is 9.90. The molecular formula is C27H37F2N5O2. The summed E-state index contributed by atoms with van der Waals surface area (Å²) in [6, 6.07) is 2.88. The van der Waals surface area contributed by atoms with Crippen LogP contribution in [0.3, 0.4) is 0 Å². The van der Waals surface area contributed by atoms with E-state index in [1.54, 1.807) is 0 Å². The van der Waals surface area contributed by atoms with Gasteiger partial charge in [0, 0.05) is 42.8 Å². The van der Waals surface area contributed by atoms with Crippen LogP contribution in [0.15, 0.2) is 36.7 Å². The molecule has 196 valence electrons. The van der Waals surface area contributed by atoms with E-state index in [1.807, 2.05) is 0 Å². The van der Waals surface area contributed by atoms with Crippen LogP contribution in [0.2, 0.25) is 0 Å². The van der Waals surface area contributed by atoms with Gasteiger partial charge in [0.25, 0.3) is 0 Å². The van der Waals surface area contributed by atoms with E-state index < -0.39 is 17.7 Å². The van der Waals surface area contributed by atoms with Crippen LogP contribution in [0, 0.1) is 17.0 Å². The molecular weight excluding hydrogens is 464 g/mol. The Morgan fingerprint density at radius 2 is 2.06 bits per heavy atom. The zero-order valence-corrected chi connectivity index (χ0v) is 21.6. The van der Waals surface area contributed by atoms with Gasteiger partial charge in [0.2, 0.25) is 11.8 Å². The van der Waals surface area contributed by atoms with Crippen molar-refractivity contribution in [3.05, 3.63) is 54.1 Å². The van der Waals surface area contributed by atoms with Crippen molar-refractivity contribution in [2.75, 3.05) is 6.54 Å². The van der Waals surface area contributed by atoms with E-state index in [-0.39, 0.29) is 29.3 Å². The molecule has 7 nitrogen and oxygen atoms in total. The fourth-order valence-electron chi connectivity index (χ4n) is 4.31. The highest BCUT2D eigenvalue weighted by atomic mass is 19.1. The number of carbonyl (C=O) groups is 2. The summed E-state index contributed by atoms with van der Waals surface area (Å²) in [7, 11) is 0. The third-order valence-corrected chi connectivity index (χ3v) is 6.43. The van der Waals surface area contributed by atoms with Crippen LogP contribution in [0.1, 0.15) is 65.6 Å². The highest BCUT2D eigenvalue weighted by Crippen LogP contribution is 2.25. The lowest BCUT2D eigenvalue weighted by molar-refractivity contribution is -0.129. The average Bonchev–Trinajstić information content (AvgIpc) is 3.44. The summed E-state index contributed by atoms with van der Waals surface area (Å²) < 4.78 is 27.3. The van der Waals surface area contributed by atoms with Crippen LogP contribution in [-0.4, -0.2) is 45.3 Å². The number of benzene rings is 1. The molecule has 2 amide bonds. The first-order valence-corrected chi connectivity index (χ1v) is 12.4. The number of nitrogens with one attached hydrogen (secondary N) is 3. The van der Waals surface area contributed by atoms with Crippen LogP contribution in [0.5, 0.6) is 0 Å². The van der Waals surface area contributed by atoms with Crippen molar-refractivity contribution in [2.24, 2.45) is 5.41 Å². The van der Waals surface area contributed by atoms with Crippen molar-refractivity contribution in [1.82, 2.24) is 25.5 Å². The van der Waals surface area contributed by atoms with Crippen LogP contribution < -0.4 is 10.6 Å². The average molecular weight is 502 g/mol. The fourth-order valence-corrected chi connectivity index (χ4v) is 4.31. The first-order chi connectivity index (χ1) is 16.9. The summed E-state index contributed by atoms with van der Waals surface area (Å²) in [5, 5.41) is 5.70. The van der Waals surface area contributed by atoms with Crippen LogP contribution in [0.25, 0.3) is 11.3 Å². The van der Waals surface area contributed by atoms with Crippen molar-refractivity contribution in [3.63, 3.8) is 0 Å². The molecule has 2 aromatic rings. The van der Waals surface area contributed by atoms with Crippen LogP contribution in [0.4, 0.5) is 8.78 Å². The molecule has 0 unspecified atom stereocenters. The first kappa shape index (κ1) is 27.4.